The first kappa shape index (κ1) is 20.0. The largest absolute Gasteiger partial charge is 0.358 e. The van der Waals surface area contributed by atoms with E-state index < -0.39 is 0 Å². The van der Waals surface area contributed by atoms with Crippen LogP contribution in [0.4, 0.5) is 0 Å². The Labute approximate surface area is 189 Å². The van der Waals surface area contributed by atoms with Crippen LogP contribution in [0.1, 0.15) is 35.6 Å². The number of aromatic amines is 1. The third kappa shape index (κ3) is 4.00. The van der Waals surface area contributed by atoms with Gasteiger partial charge in [0.25, 0.3) is 0 Å². The molecule has 1 aliphatic carbocycles. The van der Waals surface area contributed by atoms with Crippen LogP contribution in [-0.2, 0) is 6.42 Å². The summed E-state index contributed by atoms with van der Waals surface area (Å²) in [6.45, 7) is 8.67. The van der Waals surface area contributed by atoms with Crippen molar-refractivity contribution in [3.8, 4) is 11.1 Å². The second-order valence-corrected chi connectivity index (χ2v) is 9.32. The van der Waals surface area contributed by atoms with Crippen LogP contribution in [0.25, 0.3) is 28.1 Å². The quantitative estimate of drug-likeness (QED) is 0.441. The molecule has 1 N–H and O–H groups in total. The Kier molecular flexibility index (Phi) is 5.57. The Hall–Kier alpha value is -2.97. The van der Waals surface area contributed by atoms with Crippen LogP contribution >= 0.6 is 11.8 Å². The molecule has 2 aromatic carbocycles. The van der Waals surface area contributed by atoms with E-state index in [2.05, 4.69) is 96.4 Å². The van der Waals surface area contributed by atoms with Gasteiger partial charge < -0.3 is 4.98 Å². The molecule has 0 saturated carbocycles. The van der Waals surface area contributed by atoms with E-state index in [0.29, 0.717) is 5.92 Å². The molecule has 1 unspecified atom stereocenters. The lowest BCUT2D eigenvalue weighted by Crippen LogP contribution is -2.05. The molecule has 3 aromatic rings. The van der Waals surface area contributed by atoms with Crippen molar-refractivity contribution in [1.29, 1.82) is 0 Å². The standard InChI is InChI=1S/C29H27NS/c1-20-7-6-17-31-18-16-25(21(20)2)23-12-10-22(11-13-23)24-14-15-29-27(19-24)26-8-4-3-5-9-28(26)30-29/h3-6,8,10-15,17,19,25,30H,1-2,7,9,16,18H2/b17-6-. The summed E-state index contributed by atoms with van der Waals surface area (Å²) in [7, 11) is 0. The summed E-state index contributed by atoms with van der Waals surface area (Å²) in [5.41, 5.74) is 9.97. The van der Waals surface area contributed by atoms with Gasteiger partial charge in [-0.25, -0.2) is 0 Å². The van der Waals surface area contributed by atoms with Gasteiger partial charge in [0, 0.05) is 34.5 Å². The lowest BCUT2D eigenvalue weighted by molar-refractivity contribution is 0.774. The van der Waals surface area contributed by atoms with Gasteiger partial charge in [-0.15, -0.1) is 11.8 Å². The molecule has 0 amide bonds. The Morgan fingerprint density at radius 1 is 0.903 bits per heavy atom. The SMILES string of the molecule is C=C1C/C=C\SCCC(c2ccc(-c3ccc4[nH]c5c(c4c3)C=CC=CC5)cc2)C1=C. The second-order valence-electron chi connectivity index (χ2n) is 8.31. The summed E-state index contributed by atoms with van der Waals surface area (Å²) in [5.74, 6) is 1.45. The molecular weight excluding hydrogens is 394 g/mol. The molecule has 0 spiro atoms. The van der Waals surface area contributed by atoms with E-state index in [0.717, 1.165) is 30.6 Å². The number of H-pyrrole nitrogens is 1. The summed E-state index contributed by atoms with van der Waals surface area (Å²) in [6, 6.07) is 15.8. The Morgan fingerprint density at radius 3 is 2.61 bits per heavy atom. The number of hydrogen-bond acceptors (Lipinski definition) is 1. The first-order valence-corrected chi connectivity index (χ1v) is 12.0. The van der Waals surface area contributed by atoms with Crippen LogP contribution in [0.15, 0.2) is 96.5 Å². The maximum absolute atomic E-state index is 4.40. The highest BCUT2D eigenvalue weighted by molar-refractivity contribution is 8.02. The number of nitrogens with one attached hydrogen (secondary N) is 1. The fourth-order valence-electron chi connectivity index (χ4n) is 4.56. The molecule has 0 saturated heterocycles. The molecule has 31 heavy (non-hydrogen) atoms. The third-order valence-electron chi connectivity index (χ3n) is 6.35. The fraction of sp³-hybridized carbons (Fsp3) is 0.172. The molecule has 1 aliphatic heterocycles. The first-order valence-electron chi connectivity index (χ1n) is 10.9. The number of allylic oxidation sites excluding steroid dienone is 6. The summed E-state index contributed by atoms with van der Waals surface area (Å²) < 4.78 is 0. The average molecular weight is 422 g/mol. The molecule has 1 nitrogen and oxygen atoms in total. The van der Waals surface area contributed by atoms with E-state index in [1.807, 2.05) is 11.8 Å². The van der Waals surface area contributed by atoms with E-state index in [1.54, 1.807) is 0 Å². The zero-order valence-corrected chi connectivity index (χ0v) is 18.6. The maximum atomic E-state index is 4.40. The van der Waals surface area contributed by atoms with Gasteiger partial charge in [-0.3, -0.25) is 0 Å². The van der Waals surface area contributed by atoms with E-state index in [4.69, 9.17) is 0 Å². The van der Waals surface area contributed by atoms with Gasteiger partial charge in [0.1, 0.15) is 0 Å². The van der Waals surface area contributed by atoms with Crippen molar-refractivity contribution in [3.63, 3.8) is 0 Å². The van der Waals surface area contributed by atoms with Crippen LogP contribution in [0.2, 0.25) is 0 Å². The minimum Gasteiger partial charge on any atom is -0.358 e. The van der Waals surface area contributed by atoms with E-state index in [1.165, 1.54) is 44.4 Å². The molecule has 0 radical (unpaired) electrons. The summed E-state index contributed by atoms with van der Waals surface area (Å²) in [5, 5.41) is 3.49. The number of hydrogen-bond donors (Lipinski definition) is 1. The molecule has 1 aromatic heterocycles. The topological polar surface area (TPSA) is 15.8 Å². The smallest absolute Gasteiger partial charge is 0.0462 e. The van der Waals surface area contributed by atoms with Crippen LogP contribution in [0.3, 0.4) is 0 Å². The number of aromatic nitrogens is 1. The van der Waals surface area contributed by atoms with Gasteiger partial charge in [0.2, 0.25) is 0 Å². The molecule has 2 heteroatoms. The Bertz CT molecular complexity index is 1230. The van der Waals surface area contributed by atoms with Gasteiger partial charge in [-0.2, -0.15) is 0 Å². The first-order chi connectivity index (χ1) is 15.2. The normalized spacial score (nSPS) is 20.1. The summed E-state index contributed by atoms with van der Waals surface area (Å²) in [4.78, 5) is 3.58. The highest BCUT2D eigenvalue weighted by atomic mass is 32.2. The molecule has 2 aliphatic rings. The molecular formula is C29H27NS. The van der Waals surface area contributed by atoms with E-state index >= 15 is 0 Å². The van der Waals surface area contributed by atoms with Crippen LogP contribution < -0.4 is 0 Å². The molecule has 0 fully saturated rings. The lowest BCUT2D eigenvalue weighted by Gasteiger charge is -2.21. The van der Waals surface area contributed by atoms with Gasteiger partial charge in [-0.05, 0) is 64.0 Å². The number of fused-ring (bicyclic) bond motifs is 3. The molecule has 5 rings (SSSR count). The third-order valence-corrected chi connectivity index (χ3v) is 7.21. The van der Waals surface area contributed by atoms with Crippen LogP contribution in [0, 0.1) is 0 Å². The number of benzene rings is 2. The summed E-state index contributed by atoms with van der Waals surface area (Å²) in [6.07, 6.45) is 13.8. The van der Waals surface area contributed by atoms with Crippen molar-refractivity contribution in [3.05, 3.63) is 113 Å². The van der Waals surface area contributed by atoms with Gasteiger partial charge in [-0.1, -0.05) is 73.9 Å². The summed E-state index contributed by atoms with van der Waals surface area (Å²) >= 11 is 1.88. The minimum atomic E-state index is 0.342. The van der Waals surface area contributed by atoms with Crippen LogP contribution in [-0.4, -0.2) is 10.7 Å². The van der Waals surface area contributed by atoms with Crippen molar-refractivity contribution >= 4 is 28.7 Å². The van der Waals surface area contributed by atoms with Gasteiger partial charge in [0.15, 0.2) is 0 Å². The highest BCUT2D eigenvalue weighted by Crippen LogP contribution is 2.36. The fourth-order valence-corrected chi connectivity index (χ4v) is 5.30. The van der Waals surface area contributed by atoms with Crippen molar-refractivity contribution in [1.82, 2.24) is 4.98 Å². The zero-order chi connectivity index (χ0) is 21.2. The van der Waals surface area contributed by atoms with E-state index in [-0.39, 0.29) is 0 Å². The van der Waals surface area contributed by atoms with Crippen molar-refractivity contribution in [2.45, 2.75) is 25.2 Å². The number of thioether (sulfide) groups is 1. The highest BCUT2D eigenvalue weighted by Gasteiger charge is 2.18. The monoisotopic (exact) mass is 421 g/mol. The Balaban J connectivity index is 1.45. The van der Waals surface area contributed by atoms with Crippen molar-refractivity contribution < 1.29 is 0 Å². The van der Waals surface area contributed by atoms with Crippen molar-refractivity contribution in [2.24, 2.45) is 0 Å². The van der Waals surface area contributed by atoms with Crippen LogP contribution in [0.5, 0.6) is 0 Å². The van der Waals surface area contributed by atoms with E-state index in [9.17, 15) is 0 Å². The minimum absolute atomic E-state index is 0.342. The molecule has 2 heterocycles. The maximum Gasteiger partial charge on any atom is 0.0462 e. The van der Waals surface area contributed by atoms with Gasteiger partial charge in [0.05, 0.1) is 0 Å². The van der Waals surface area contributed by atoms with Crippen molar-refractivity contribution in [2.75, 3.05) is 5.75 Å². The predicted octanol–water partition coefficient (Wildman–Crippen LogP) is 8.20. The molecule has 154 valence electrons. The molecule has 1 atom stereocenters. The predicted molar refractivity (Wildman–Crippen MR) is 137 cm³/mol. The lowest BCUT2D eigenvalue weighted by atomic mass is 9.84. The Morgan fingerprint density at radius 2 is 1.74 bits per heavy atom. The van der Waals surface area contributed by atoms with Gasteiger partial charge >= 0.3 is 0 Å². The molecule has 0 bridgehead atoms. The average Bonchev–Trinajstić information content (AvgIpc) is 3.01. The number of rotatable bonds is 2. The zero-order valence-electron chi connectivity index (χ0n) is 17.7. The second kappa shape index (κ2) is 8.64.